The average Bonchev–Trinajstić information content (AvgIpc) is 3.02. The zero-order chi connectivity index (χ0) is 17.9. The van der Waals surface area contributed by atoms with Gasteiger partial charge in [0.05, 0.1) is 17.6 Å². The summed E-state index contributed by atoms with van der Waals surface area (Å²) in [6.45, 7) is 0.707. The minimum Gasteiger partial charge on any atom is -0.333 e. The van der Waals surface area contributed by atoms with Crippen molar-refractivity contribution in [3.8, 4) is 5.69 Å². The fourth-order valence-corrected chi connectivity index (χ4v) is 3.31. The molecule has 26 heavy (non-hydrogen) atoms. The molecule has 1 aliphatic heterocycles. The van der Waals surface area contributed by atoms with Gasteiger partial charge in [-0.3, -0.25) is 19.5 Å². The van der Waals surface area contributed by atoms with Crippen LogP contribution < -0.4 is 5.32 Å². The molecule has 6 nitrogen and oxygen atoms in total. The first-order valence-corrected chi connectivity index (χ1v) is 8.83. The molecule has 6 heteroatoms. The molecular formula is C20H20N4O2. The third-order valence-electron chi connectivity index (χ3n) is 4.58. The molecule has 1 aromatic heterocycles. The molecule has 0 radical (unpaired) electrons. The standard InChI is InChI=1S/C20H20N4O2/c25-18(14-23-13-7-6-12-19(23)26)22-20-21-16-10-4-5-11-17(16)24(20)15-8-2-1-3-9-15/h1-5,8-11H,6-7,12-14H2,(H,21,22,25). The second kappa shape index (κ2) is 7.00. The van der Waals surface area contributed by atoms with Crippen molar-refractivity contribution in [2.75, 3.05) is 18.4 Å². The van der Waals surface area contributed by atoms with E-state index in [9.17, 15) is 9.59 Å². The van der Waals surface area contributed by atoms with Crippen molar-refractivity contribution in [3.63, 3.8) is 0 Å². The Kier molecular flexibility index (Phi) is 4.39. The lowest BCUT2D eigenvalue weighted by Gasteiger charge is -2.25. The number of carbonyl (C=O) groups excluding carboxylic acids is 2. The van der Waals surface area contributed by atoms with Gasteiger partial charge in [-0.15, -0.1) is 0 Å². The van der Waals surface area contributed by atoms with Gasteiger partial charge in [-0.2, -0.15) is 0 Å². The van der Waals surface area contributed by atoms with Crippen LogP contribution in [0, 0.1) is 0 Å². The summed E-state index contributed by atoms with van der Waals surface area (Å²) in [6, 6.07) is 17.5. The largest absolute Gasteiger partial charge is 0.333 e. The van der Waals surface area contributed by atoms with Gasteiger partial charge in [-0.05, 0) is 37.1 Å². The van der Waals surface area contributed by atoms with Gasteiger partial charge in [-0.1, -0.05) is 30.3 Å². The number of nitrogens with one attached hydrogen (secondary N) is 1. The highest BCUT2D eigenvalue weighted by molar-refractivity contribution is 5.95. The van der Waals surface area contributed by atoms with E-state index >= 15 is 0 Å². The highest BCUT2D eigenvalue weighted by Gasteiger charge is 2.22. The molecule has 132 valence electrons. The Morgan fingerprint density at radius 1 is 1.04 bits per heavy atom. The molecule has 3 aromatic rings. The van der Waals surface area contributed by atoms with Gasteiger partial charge < -0.3 is 4.90 Å². The predicted octanol–water partition coefficient (Wildman–Crippen LogP) is 2.98. The number of piperidine rings is 1. The highest BCUT2D eigenvalue weighted by Crippen LogP contribution is 2.24. The number of fused-ring (bicyclic) bond motifs is 1. The van der Waals surface area contributed by atoms with Crippen molar-refractivity contribution in [1.29, 1.82) is 0 Å². The van der Waals surface area contributed by atoms with Crippen molar-refractivity contribution in [1.82, 2.24) is 14.5 Å². The maximum absolute atomic E-state index is 12.5. The minimum atomic E-state index is -0.229. The van der Waals surface area contributed by atoms with Gasteiger partial charge >= 0.3 is 0 Å². The fraction of sp³-hybridized carbons (Fsp3) is 0.250. The van der Waals surface area contributed by atoms with E-state index in [1.807, 2.05) is 59.2 Å². The Morgan fingerprint density at radius 3 is 2.62 bits per heavy atom. The third kappa shape index (κ3) is 3.18. The first-order valence-electron chi connectivity index (χ1n) is 8.83. The Balaban J connectivity index is 1.64. The van der Waals surface area contributed by atoms with E-state index in [1.165, 1.54) is 0 Å². The molecule has 1 saturated heterocycles. The number of imidazole rings is 1. The summed E-state index contributed by atoms with van der Waals surface area (Å²) in [6.07, 6.45) is 2.37. The normalized spacial score (nSPS) is 14.6. The van der Waals surface area contributed by atoms with E-state index in [1.54, 1.807) is 4.90 Å². The van der Waals surface area contributed by atoms with E-state index in [4.69, 9.17) is 0 Å². The Hall–Kier alpha value is -3.15. The van der Waals surface area contributed by atoms with Gasteiger partial charge in [0.2, 0.25) is 17.8 Å². The number of rotatable bonds is 4. The monoisotopic (exact) mass is 348 g/mol. The van der Waals surface area contributed by atoms with Crippen LogP contribution in [-0.4, -0.2) is 39.4 Å². The Bertz CT molecular complexity index is 949. The van der Waals surface area contributed by atoms with Crippen molar-refractivity contribution < 1.29 is 9.59 Å². The van der Waals surface area contributed by atoms with Crippen LogP contribution >= 0.6 is 0 Å². The Morgan fingerprint density at radius 2 is 1.81 bits per heavy atom. The van der Waals surface area contributed by atoms with E-state index < -0.39 is 0 Å². The number of hydrogen-bond donors (Lipinski definition) is 1. The summed E-state index contributed by atoms with van der Waals surface area (Å²) in [5.41, 5.74) is 2.65. The fourth-order valence-electron chi connectivity index (χ4n) is 3.31. The molecule has 0 aliphatic carbocycles. The van der Waals surface area contributed by atoms with Crippen LogP contribution in [0.15, 0.2) is 54.6 Å². The first-order chi connectivity index (χ1) is 12.7. The maximum Gasteiger partial charge on any atom is 0.246 e. The molecule has 1 aliphatic rings. The number of para-hydroxylation sites is 3. The van der Waals surface area contributed by atoms with Crippen LogP contribution in [0.4, 0.5) is 5.95 Å². The second-order valence-corrected chi connectivity index (χ2v) is 6.42. The number of nitrogens with zero attached hydrogens (tertiary/aromatic N) is 3. The molecule has 2 amide bonds. The maximum atomic E-state index is 12.5. The first kappa shape index (κ1) is 16.3. The lowest BCUT2D eigenvalue weighted by Crippen LogP contribution is -2.41. The predicted molar refractivity (Wildman–Crippen MR) is 100 cm³/mol. The lowest BCUT2D eigenvalue weighted by molar-refractivity contribution is -0.136. The smallest absolute Gasteiger partial charge is 0.246 e. The topological polar surface area (TPSA) is 67.2 Å². The molecule has 2 aromatic carbocycles. The number of hydrogen-bond acceptors (Lipinski definition) is 3. The minimum absolute atomic E-state index is 0.0444. The van der Waals surface area contributed by atoms with Crippen LogP contribution in [0.5, 0.6) is 0 Å². The van der Waals surface area contributed by atoms with Crippen molar-refractivity contribution in [2.24, 2.45) is 0 Å². The van der Waals surface area contributed by atoms with Crippen LogP contribution in [0.2, 0.25) is 0 Å². The second-order valence-electron chi connectivity index (χ2n) is 6.42. The summed E-state index contributed by atoms with van der Waals surface area (Å²) in [5, 5.41) is 2.89. The van der Waals surface area contributed by atoms with Crippen molar-refractivity contribution in [2.45, 2.75) is 19.3 Å². The molecule has 1 fully saturated rings. The SMILES string of the molecule is O=C(CN1CCCCC1=O)Nc1nc2ccccc2n1-c1ccccc1. The molecule has 0 spiro atoms. The van der Waals surface area contributed by atoms with Crippen LogP contribution in [0.25, 0.3) is 16.7 Å². The van der Waals surface area contributed by atoms with E-state index in [-0.39, 0.29) is 18.4 Å². The number of aromatic nitrogens is 2. The summed E-state index contributed by atoms with van der Waals surface area (Å²) in [4.78, 5) is 30.7. The molecule has 4 rings (SSSR count). The molecule has 0 unspecified atom stereocenters. The average molecular weight is 348 g/mol. The van der Waals surface area contributed by atoms with Crippen molar-refractivity contribution in [3.05, 3.63) is 54.6 Å². The van der Waals surface area contributed by atoms with Crippen molar-refractivity contribution >= 4 is 28.8 Å². The van der Waals surface area contributed by atoms with E-state index in [2.05, 4.69) is 10.3 Å². The number of amides is 2. The van der Waals surface area contributed by atoms with Gasteiger partial charge in [0.15, 0.2) is 0 Å². The molecule has 0 bridgehead atoms. The quantitative estimate of drug-likeness (QED) is 0.788. The summed E-state index contributed by atoms with van der Waals surface area (Å²) in [7, 11) is 0. The summed E-state index contributed by atoms with van der Waals surface area (Å²) >= 11 is 0. The molecule has 0 saturated carbocycles. The number of carbonyl (C=O) groups is 2. The number of likely N-dealkylation sites (tertiary alicyclic amines) is 1. The zero-order valence-corrected chi connectivity index (χ0v) is 14.4. The molecule has 0 atom stereocenters. The lowest BCUT2D eigenvalue weighted by atomic mass is 10.1. The van der Waals surface area contributed by atoms with Crippen LogP contribution in [0.1, 0.15) is 19.3 Å². The number of benzene rings is 2. The van der Waals surface area contributed by atoms with E-state index in [0.717, 1.165) is 29.6 Å². The molecule has 1 N–H and O–H groups in total. The van der Waals surface area contributed by atoms with Crippen LogP contribution in [0.3, 0.4) is 0 Å². The molecular weight excluding hydrogens is 328 g/mol. The highest BCUT2D eigenvalue weighted by atomic mass is 16.2. The van der Waals surface area contributed by atoms with Gasteiger partial charge in [0, 0.05) is 18.7 Å². The summed E-state index contributed by atoms with van der Waals surface area (Å²) < 4.78 is 1.92. The summed E-state index contributed by atoms with van der Waals surface area (Å²) in [5.74, 6) is 0.280. The van der Waals surface area contributed by atoms with Gasteiger partial charge in [-0.25, -0.2) is 4.98 Å². The Labute approximate surface area is 151 Å². The number of anilines is 1. The van der Waals surface area contributed by atoms with Crippen LogP contribution in [-0.2, 0) is 9.59 Å². The van der Waals surface area contributed by atoms with Gasteiger partial charge in [0.1, 0.15) is 0 Å². The third-order valence-corrected chi connectivity index (χ3v) is 4.58. The van der Waals surface area contributed by atoms with Gasteiger partial charge in [0.25, 0.3) is 0 Å². The van der Waals surface area contributed by atoms with E-state index in [0.29, 0.717) is 18.9 Å². The zero-order valence-electron chi connectivity index (χ0n) is 14.4. The molecule has 2 heterocycles.